The number of halogens is 1. The average Bonchev–Trinajstić information content (AvgIpc) is 2.46. The molecular formula is C17H24FNO. The number of benzene rings is 1. The van der Waals surface area contributed by atoms with E-state index in [9.17, 15) is 4.39 Å². The standard InChI is InChI=1S/C17H24FNO/c1-3-5-11-19(4-2)14-15-9-10-17(18)16(13-15)8-6-7-12-20/h9-10,13,20H,3-5,7,11-12,14H2,1-2H3. The van der Waals surface area contributed by atoms with Gasteiger partial charge in [-0.3, -0.25) is 4.90 Å². The maximum atomic E-state index is 13.6. The van der Waals surface area contributed by atoms with Crippen LogP contribution in [0.4, 0.5) is 4.39 Å². The minimum Gasteiger partial charge on any atom is -0.395 e. The van der Waals surface area contributed by atoms with Crippen LogP contribution in [0, 0.1) is 17.7 Å². The second-order valence-electron chi connectivity index (χ2n) is 4.81. The smallest absolute Gasteiger partial charge is 0.138 e. The van der Waals surface area contributed by atoms with Crippen LogP contribution in [-0.2, 0) is 6.54 Å². The Morgan fingerprint density at radius 3 is 2.75 bits per heavy atom. The summed E-state index contributed by atoms with van der Waals surface area (Å²) in [6.07, 6.45) is 2.73. The maximum Gasteiger partial charge on any atom is 0.138 e. The third-order valence-electron chi connectivity index (χ3n) is 3.17. The number of rotatable bonds is 7. The lowest BCUT2D eigenvalue weighted by Crippen LogP contribution is -2.24. The number of aliphatic hydroxyl groups is 1. The van der Waals surface area contributed by atoms with Gasteiger partial charge in [-0.2, -0.15) is 0 Å². The van der Waals surface area contributed by atoms with E-state index >= 15 is 0 Å². The highest BCUT2D eigenvalue weighted by atomic mass is 19.1. The van der Waals surface area contributed by atoms with Crippen molar-refractivity contribution in [2.45, 2.75) is 39.7 Å². The van der Waals surface area contributed by atoms with E-state index in [-0.39, 0.29) is 12.4 Å². The van der Waals surface area contributed by atoms with Crippen molar-refractivity contribution in [2.75, 3.05) is 19.7 Å². The van der Waals surface area contributed by atoms with Crippen LogP contribution in [-0.4, -0.2) is 29.7 Å². The van der Waals surface area contributed by atoms with Crippen LogP contribution < -0.4 is 0 Å². The summed E-state index contributed by atoms with van der Waals surface area (Å²) in [5.41, 5.74) is 1.50. The molecule has 0 heterocycles. The van der Waals surface area contributed by atoms with Crippen molar-refractivity contribution in [3.05, 3.63) is 35.1 Å². The lowest BCUT2D eigenvalue weighted by Gasteiger charge is -2.20. The van der Waals surface area contributed by atoms with Crippen LogP contribution in [0.5, 0.6) is 0 Å². The summed E-state index contributed by atoms with van der Waals surface area (Å²) in [5.74, 6) is 5.26. The molecule has 0 atom stereocenters. The zero-order valence-electron chi connectivity index (χ0n) is 12.5. The van der Waals surface area contributed by atoms with Gasteiger partial charge in [-0.25, -0.2) is 4.39 Å². The summed E-state index contributed by atoms with van der Waals surface area (Å²) >= 11 is 0. The van der Waals surface area contributed by atoms with E-state index in [1.165, 1.54) is 18.9 Å². The van der Waals surface area contributed by atoms with Crippen molar-refractivity contribution in [1.82, 2.24) is 4.90 Å². The molecule has 1 aromatic carbocycles. The van der Waals surface area contributed by atoms with E-state index in [0.717, 1.165) is 25.2 Å². The van der Waals surface area contributed by atoms with Crippen molar-refractivity contribution in [3.8, 4) is 11.8 Å². The molecule has 0 spiro atoms. The minimum absolute atomic E-state index is 0.00887. The number of hydrogen-bond donors (Lipinski definition) is 1. The zero-order valence-corrected chi connectivity index (χ0v) is 12.5. The van der Waals surface area contributed by atoms with Crippen LogP contribution in [0.25, 0.3) is 0 Å². The van der Waals surface area contributed by atoms with Crippen molar-refractivity contribution in [2.24, 2.45) is 0 Å². The van der Waals surface area contributed by atoms with Gasteiger partial charge in [-0.15, -0.1) is 0 Å². The molecule has 0 radical (unpaired) electrons. The van der Waals surface area contributed by atoms with Gasteiger partial charge < -0.3 is 5.11 Å². The van der Waals surface area contributed by atoms with Gasteiger partial charge >= 0.3 is 0 Å². The van der Waals surface area contributed by atoms with Crippen LogP contribution in [0.2, 0.25) is 0 Å². The molecule has 0 saturated heterocycles. The second-order valence-corrected chi connectivity index (χ2v) is 4.81. The highest BCUT2D eigenvalue weighted by molar-refractivity contribution is 5.38. The van der Waals surface area contributed by atoms with Gasteiger partial charge in [0.05, 0.1) is 12.2 Å². The number of hydrogen-bond acceptors (Lipinski definition) is 2. The molecule has 0 fully saturated rings. The monoisotopic (exact) mass is 277 g/mol. The third kappa shape index (κ3) is 5.73. The first-order chi connectivity index (χ1) is 9.71. The SMILES string of the molecule is CCCCN(CC)Cc1ccc(F)c(C#CCCO)c1. The lowest BCUT2D eigenvalue weighted by atomic mass is 10.1. The highest BCUT2D eigenvalue weighted by Gasteiger charge is 2.06. The molecule has 0 bridgehead atoms. The fourth-order valence-corrected chi connectivity index (χ4v) is 1.97. The largest absolute Gasteiger partial charge is 0.395 e. The number of aliphatic hydroxyl groups excluding tert-OH is 1. The van der Waals surface area contributed by atoms with Crippen molar-refractivity contribution in [1.29, 1.82) is 0 Å². The summed E-state index contributed by atoms with van der Waals surface area (Å²) < 4.78 is 13.6. The molecule has 3 heteroatoms. The Morgan fingerprint density at radius 2 is 2.10 bits per heavy atom. The Hall–Kier alpha value is -1.37. The fraction of sp³-hybridized carbons (Fsp3) is 0.529. The summed E-state index contributed by atoms with van der Waals surface area (Å²) in [6.45, 7) is 7.21. The first-order valence-electron chi connectivity index (χ1n) is 7.31. The summed E-state index contributed by atoms with van der Waals surface area (Å²) in [5, 5.41) is 8.70. The van der Waals surface area contributed by atoms with E-state index in [1.54, 1.807) is 0 Å². The third-order valence-corrected chi connectivity index (χ3v) is 3.17. The Kier molecular flexibility index (Phi) is 7.94. The number of unbranched alkanes of at least 4 members (excludes halogenated alkanes) is 1. The van der Waals surface area contributed by atoms with Gasteiger partial charge in [-0.05, 0) is 37.2 Å². The normalized spacial score (nSPS) is 10.4. The first kappa shape index (κ1) is 16.7. The van der Waals surface area contributed by atoms with Gasteiger partial charge in [0.15, 0.2) is 0 Å². The Morgan fingerprint density at radius 1 is 1.30 bits per heavy atom. The van der Waals surface area contributed by atoms with Crippen molar-refractivity contribution >= 4 is 0 Å². The summed E-state index contributed by atoms with van der Waals surface area (Å²) in [4.78, 5) is 2.35. The summed E-state index contributed by atoms with van der Waals surface area (Å²) in [6, 6.07) is 5.11. The Bertz CT molecular complexity index is 462. The molecule has 1 N–H and O–H groups in total. The second kappa shape index (κ2) is 9.52. The van der Waals surface area contributed by atoms with Crippen LogP contribution in [0.1, 0.15) is 44.2 Å². The topological polar surface area (TPSA) is 23.5 Å². The van der Waals surface area contributed by atoms with Crippen molar-refractivity contribution < 1.29 is 9.50 Å². The van der Waals surface area contributed by atoms with E-state index in [2.05, 4.69) is 30.6 Å². The predicted octanol–water partition coefficient (Wildman–Crippen LogP) is 3.18. The highest BCUT2D eigenvalue weighted by Crippen LogP contribution is 2.12. The average molecular weight is 277 g/mol. The molecular weight excluding hydrogens is 253 g/mol. The molecule has 0 aliphatic heterocycles. The van der Waals surface area contributed by atoms with E-state index in [1.807, 2.05) is 12.1 Å². The molecule has 2 nitrogen and oxygen atoms in total. The molecule has 1 rings (SSSR count). The van der Waals surface area contributed by atoms with Gasteiger partial charge in [-0.1, -0.05) is 38.2 Å². The maximum absolute atomic E-state index is 13.6. The quantitative estimate of drug-likeness (QED) is 0.774. The summed E-state index contributed by atoms with van der Waals surface area (Å²) in [7, 11) is 0. The molecule has 0 aromatic heterocycles. The van der Waals surface area contributed by atoms with E-state index in [0.29, 0.717) is 12.0 Å². The predicted molar refractivity (Wildman–Crippen MR) is 80.8 cm³/mol. The molecule has 0 unspecified atom stereocenters. The lowest BCUT2D eigenvalue weighted by molar-refractivity contribution is 0.275. The molecule has 0 amide bonds. The van der Waals surface area contributed by atoms with Gasteiger partial charge in [0.25, 0.3) is 0 Å². The van der Waals surface area contributed by atoms with Crippen molar-refractivity contribution in [3.63, 3.8) is 0 Å². The molecule has 110 valence electrons. The Balaban J connectivity index is 2.76. The molecule has 0 saturated carbocycles. The number of nitrogens with zero attached hydrogens (tertiary/aromatic N) is 1. The van der Waals surface area contributed by atoms with Crippen LogP contribution >= 0.6 is 0 Å². The fourth-order valence-electron chi connectivity index (χ4n) is 1.97. The Labute approximate surface area is 121 Å². The van der Waals surface area contributed by atoms with E-state index in [4.69, 9.17) is 5.11 Å². The molecule has 0 aliphatic carbocycles. The van der Waals surface area contributed by atoms with Gasteiger partial charge in [0, 0.05) is 13.0 Å². The van der Waals surface area contributed by atoms with Gasteiger partial charge in [0.1, 0.15) is 5.82 Å². The molecule has 20 heavy (non-hydrogen) atoms. The van der Waals surface area contributed by atoms with Crippen LogP contribution in [0.15, 0.2) is 18.2 Å². The van der Waals surface area contributed by atoms with Gasteiger partial charge in [0.2, 0.25) is 0 Å². The molecule has 1 aromatic rings. The van der Waals surface area contributed by atoms with E-state index < -0.39 is 0 Å². The van der Waals surface area contributed by atoms with Crippen LogP contribution in [0.3, 0.4) is 0 Å². The minimum atomic E-state index is -0.296. The first-order valence-corrected chi connectivity index (χ1v) is 7.31. The molecule has 0 aliphatic rings. The zero-order chi connectivity index (χ0) is 14.8.